The number of amides is 2. The van der Waals surface area contributed by atoms with Gasteiger partial charge in [0, 0.05) is 33.3 Å². The summed E-state index contributed by atoms with van der Waals surface area (Å²) in [4.78, 5) is 29.8. The highest BCUT2D eigenvalue weighted by Gasteiger charge is 2.60. The van der Waals surface area contributed by atoms with Gasteiger partial charge in [-0.25, -0.2) is 4.99 Å². The van der Waals surface area contributed by atoms with Gasteiger partial charge < -0.3 is 194 Å². The number of rotatable bonds is 24. The molecule has 1 saturated carbocycles. The van der Waals surface area contributed by atoms with Gasteiger partial charge in [-0.2, -0.15) is 0 Å². The summed E-state index contributed by atoms with van der Waals surface area (Å²) in [6, 6.07) is -4.82. The van der Waals surface area contributed by atoms with E-state index in [9.17, 15) is 122 Å². The maximum Gasteiger partial charge on any atom is 0.227 e. The summed E-state index contributed by atoms with van der Waals surface area (Å²) in [7, 11) is 0. The van der Waals surface area contributed by atoms with E-state index in [1.165, 1.54) is 6.92 Å². The number of aliphatic hydroxyl groups is 22. The summed E-state index contributed by atoms with van der Waals surface area (Å²) >= 11 is 0. The first-order valence-electron chi connectivity index (χ1n) is 31.4. The molecule has 0 bridgehead atoms. The van der Waals surface area contributed by atoms with Crippen molar-refractivity contribution in [1.82, 2.24) is 10.6 Å². The van der Waals surface area contributed by atoms with Crippen molar-refractivity contribution in [2.24, 2.45) is 10.9 Å². The van der Waals surface area contributed by atoms with Crippen LogP contribution in [0.2, 0.25) is 0 Å². The molecule has 7 saturated heterocycles. The Balaban J connectivity index is 1.01. The summed E-state index contributed by atoms with van der Waals surface area (Å²) < 4.78 is 89.0. The van der Waals surface area contributed by atoms with Crippen molar-refractivity contribution in [2.75, 3.05) is 52.9 Å². The highest BCUT2D eigenvalue weighted by Crippen LogP contribution is 2.40. The predicted octanol–water partition coefficient (Wildman–Crippen LogP) is -16.0. The first-order valence-corrected chi connectivity index (χ1v) is 31.4. The number of nitrogens with one attached hydrogen (secondary N) is 2. The van der Waals surface area contributed by atoms with Gasteiger partial charge in [-0.15, -0.1) is 0 Å². The van der Waals surface area contributed by atoms with Crippen LogP contribution >= 0.6 is 0 Å². The average molecular weight is 1420 g/mol. The summed E-state index contributed by atoms with van der Waals surface area (Å²) in [6.45, 7) is -4.25. The standard InChI is InChI=1S/C55H91N3O39/c1-13(66)56-25-33(73)44(94-52-40(80)36(76)29(69)18(6-60)86-52)22(10-64)90-50(25)93-43-17(4-16(5-59)28(68)38(43)78)85-47-32(72)24(92-54(42(47)82)96-46-21(9-63)89-49-27(35(46)75)58-15(3)84-49)12-83-55-48(39(79)31(71)20(8-62)88-55)97-51-26(57-14(2)67)34(74)45(23(11-65)91-51)95-53-41(81)37(77)30(70)19(7-61)87-53/h16-55,59-65,68-82H,4-12H2,1-3H3,(H,56,66)(H,57,67)/t16-,17+,18?,19?,20?,21?,22?,23?,24?,25?,26?,27?,28-,29+,30+,31+,32+,33-,34-,35-,36+,37+,38?,39+,40?,41?,42?,43?,44+,45+,46+,47+,48?,49-,50+,51+,52+,53+,54+,55-/m1/s1. The lowest BCUT2D eigenvalue weighted by atomic mass is 9.80. The zero-order valence-corrected chi connectivity index (χ0v) is 52.2. The molecule has 1 aliphatic carbocycles. The fraction of sp³-hybridized carbons (Fsp3) is 0.945. The molecule has 97 heavy (non-hydrogen) atoms. The van der Waals surface area contributed by atoms with E-state index in [2.05, 4.69) is 15.6 Å². The molecule has 2 amide bonds. The minimum absolute atomic E-state index is 0.0694. The summed E-state index contributed by atoms with van der Waals surface area (Å²) in [5.41, 5.74) is 0. The van der Waals surface area contributed by atoms with E-state index in [-0.39, 0.29) is 5.90 Å². The van der Waals surface area contributed by atoms with Crippen LogP contribution in [-0.2, 0) is 80.6 Å². The quantitative estimate of drug-likeness (QED) is 0.0427. The van der Waals surface area contributed by atoms with Crippen molar-refractivity contribution in [2.45, 2.75) is 266 Å². The van der Waals surface area contributed by atoms with E-state index in [1.807, 2.05) is 0 Å². The Morgan fingerprint density at radius 3 is 1.24 bits per heavy atom. The van der Waals surface area contributed by atoms with Crippen LogP contribution in [0.25, 0.3) is 0 Å². The van der Waals surface area contributed by atoms with Gasteiger partial charge in [0.1, 0.15) is 183 Å². The number of aliphatic imine (C=N–C) groups is 1. The van der Waals surface area contributed by atoms with Crippen LogP contribution in [0.4, 0.5) is 0 Å². The van der Waals surface area contributed by atoms with Crippen molar-refractivity contribution in [3.8, 4) is 0 Å². The largest absolute Gasteiger partial charge is 0.450 e. The van der Waals surface area contributed by atoms with Crippen LogP contribution in [0.5, 0.6) is 0 Å². The first kappa shape index (κ1) is 78.1. The molecule has 0 aromatic carbocycles. The Morgan fingerprint density at radius 2 is 0.773 bits per heavy atom. The number of carbonyl (C=O) groups excluding carboxylic acids is 2. The molecule has 42 heteroatoms. The lowest BCUT2D eigenvalue weighted by molar-refractivity contribution is -0.381. The molecule has 0 aromatic heterocycles. The number of carbonyl (C=O) groups is 2. The van der Waals surface area contributed by atoms with E-state index in [4.69, 9.17) is 71.1 Å². The highest BCUT2D eigenvalue weighted by molar-refractivity contribution is 5.75. The van der Waals surface area contributed by atoms with Gasteiger partial charge in [0.2, 0.25) is 18.1 Å². The van der Waals surface area contributed by atoms with Crippen LogP contribution in [0.15, 0.2) is 4.99 Å². The van der Waals surface area contributed by atoms with Crippen LogP contribution in [0.3, 0.4) is 0 Å². The molecule has 16 unspecified atom stereocenters. The molecule has 40 atom stereocenters. The average Bonchev–Trinajstić information content (AvgIpc) is 1.74. The molecule has 9 rings (SSSR count). The van der Waals surface area contributed by atoms with Crippen molar-refractivity contribution in [1.29, 1.82) is 0 Å². The molecule has 8 aliphatic heterocycles. The van der Waals surface area contributed by atoms with Gasteiger partial charge in [-0.05, 0) is 6.42 Å². The van der Waals surface area contributed by atoms with Crippen molar-refractivity contribution >= 4 is 17.7 Å². The van der Waals surface area contributed by atoms with Crippen LogP contribution in [-0.4, -0.2) is 422 Å². The number of aliphatic hydroxyl groups excluding tert-OH is 22. The summed E-state index contributed by atoms with van der Waals surface area (Å²) in [5.74, 6) is -2.98. The number of nitrogens with zero attached hydrogens (tertiary/aromatic N) is 1. The Labute approximate surface area is 550 Å². The Morgan fingerprint density at radius 1 is 0.381 bits per heavy atom. The second-order valence-corrected chi connectivity index (χ2v) is 25.1. The molecule has 0 aromatic rings. The maximum absolute atomic E-state index is 12.8. The van der Waals surface area contributed by atoms with E-state index in [0.29, 0.717) is 0 Å². The van der Waals surface area contributed by atoms with Crippen LogP contribution < -0.4 is 10.6 Å². The Bertz CT molecular complexity index is 2540. The molecule has 42 nitrogen and oxygen atoms in total. The smallest absolute Gasteiger partial charge is 0.227 e. The first-order chi connectivity index (χ1) is 46.0. The van der Waals surface area contributed by atoms with E-state index in [0.717, 1.165) is 13.8 Å². The van der Waals surface area contributed by atoms with Crippen LogP contribution in [0.1, 0.15) is 27.2 Å². The lowest BCUT2D eigenvalue weighted by Gasteiger charge is -2.51. The van der Waals surface area contributed by atoms with Gasteiger partial charge in [0.15, 0.2) is 43.6 Å². The predicted molar refractivity (Wildman–Crippen MR) is 301 cm³/mol. The van der Waals surface area contributed by atoms with E-state index < -0.39 is 316 Å². The third-order valence-corrected chi connectivity index (χ3v) is 18.6. The van der Waals surface area contributed by atoms with Gasteiger partial charge in [-0.3, -0.25) is 9.59 Å². The summed E-state index contributed by atoms with van der Waals surface area (Å²) in [5, 5.41) is 247. The monoisotopic (exact) mass is 1420 g/mol. The normalized spacial score (nSPS) is 50.4. The molecule has 24 N–H and O–H groups in total. The number of ether oxygens (including phenoxy) is 15. The van der Waals surface area contributed by atoms with Gasteiger partial charge >= 0.3 is 0 Å². The number of hydrogen-bond donors (Lipinski definition) is 24. The number of fused-ring (bicyclic) bond motifs is 1. The second kappa shape index (κ2) is 33.6. The minimum atomic E-state index is -2.27. The topological polar surface area (TPSA) is 654 Å². The van der Waals surface area contributed by atoms with E-state index >= 15 is 0 Å². The highest BCUT2D eigenvalue weighted by atomic mass is 16.8. The minimum Gasteiger partial charge on any atom is -0.450 e. The third-order valence-electron chi connectivity index (χ3n) is 18.6. The molecule has 8 fully saturated rings. The maximum atomic E-state index is 12.8. The van der Waals surface area contributed by atoms with Gasteiger partial charge in [0.05, 0.1) is 58.5 Å². The van der Waals surface area contributed by atoms with Crippen LogP contribution in [0, 0.1) is 5.92 Å². The van der Waals surface area contributed by atoms with Crippen molar-refractivity contribution in [3.05, 3.63) is 0 Å². The second-order valence-electron chi connectivity index (χ2n) is 25.1. The SMILES string of the molecule is CC(=O)NC1[C@H](OC2C(O)[C@H](O)[C@@H](CO)C[C@@H]2O[C@@H]2C(O)[C@H](O[C@H]3C(CO)O[C@H]4OC(C)=NC4[C@H]3O)OC(CO[C@@H]3OC(CO)[C@H](O)[C@H](O)C3O[C@@H]3OC(CO)[C@H](O[C@@H]4OC(CO)[C@H](O)[C@H](O)C4O)[C@H](O)C3NC(C)=O)[C@@H]2O)OC(CO)[C@H](O[C@@H]2OC(CO)[C@H](O)[C@H](O)C2O)[C@@H]1O. The van der Waals surface area contributed by atoms with E-state index in [1.54, 1.807) is 0 Å². The molecule has 9 aliphatic rings. The zero-order valence-electron chi connectivity index (χ0n) is 52.2. The molecule has 0 radical (unpaired) electrons. The fourth-order valence-corrected chi connectivity index (χ4v) is 13.3. The van der Waals surface area contributed by atoms with Gasteiger partial charge in [0.25, 0.3) is 0 Å². The Hall–Kier alpha value is -3.03. The molecule has 560 valence electrons. The molecular formula is C55H91N3O39. The van der Waals surface area contributed by atoms with Gasteiger partial charge in [-0.1, -0.05) is 0 Å². The van der Waals surface area contributed by atoms with Crippen molar-refractivity contribution < 1.29 is 193 Å². The molecule has 0 spiro atoms. The summed E-state index contributed by atoms with van der Waals surface area (Å²) in [6.07, 6.45) is -69.2. The lowest BCUT2D eigenvalue weighted by Crippen LogP contribution is -2.69. The Kier molecular flexibility index (Phi) is 27.1. The molecule has 8 heterocycles. The zero-order chi connectivity index (χ0) is 70.9. The van der Waals surface area contributed by atoms with Crippen molar-refractivity contribution in [3.63, 3.8) is 0 Å². The fourth-order valence-electron chi connectivity index (χ4n) is 13.3. The third kappa shape index (κ3) is 16.5. The number of hydrogen-bond acceptors (Lipinski definition) is 40. The molecular weight excluding hydrogens is 1330 g/mol.